The zero-order valence-electron chi connectivity index (χ0n) is 25.2. The second kappa shape index (κ2) is 14.5. The van der Waals surface area contributed by atoms with Crippen molar-refractivity contribution in [1.29, 1.82) is 0 Å². The molecule has 0 spiro atoms. The molecule has 1 saturated heterocycles. The van der Waals surface area contributed by atoms with E-state index in [2.05, 4.69) is 70.6 Å². The van der Waals surface area contributed by atoms with Crippen molar-refractivity contribution >= 4 is 11.7 Å². The van der Waals surface area contributed by atoms with Gasteiger partial charge in [0.1, 0.15) is 11.6 Å². The summed E-state index contributed by atoms with van der Waals surface area (Å²) in [5, 5.41) is 3.42. The number of methoxy groups -OCH3 is 1. The smallest absolute Gasteiger partial charge is 0.222 e. The second-order valence-electron chi connectivity index (χ2n) is 11.4. The van der Waals surface area contributed by atoms with E-state index in [1.54, 1.807) is 7.11 Å². The van der Waals surface area contributed by atoms with Crippen LogP contribution in [-0.2, 0) is 17.9 Å². The Labute approximate surface area is 250 Å². The molecule has 8 nitrogen and oxygen atoms in total. The van der Waals surface area contributed by atoms with Crippen LogP contribution in [0.25, 0.3) is 0 Å². The number of likely N-dealkylation sites (tertiary alicyclic amines) is 1. The Morgan fingerprint density at radius 1 is 0.929 bits per heavy atom. The van der Waals surface area contributed by atoms with Gasteiger partial charge in [0.15, 0.2) is 6.29 Å². The highest BCUT2D eigenvalue weighted by atomic mass is 16.5. The van der Waals surface area contributed by atoms with Gasteiger partial charge in [0.25, 0.3) is 0 Å². The SMILES string of the molecule is COc1ccc(CN2CCC3=CCCCN(Cc4ccccc4)C(=NC(N)NCCCN4CCCC4=O)C3=C2C)cc1. The lowest BCUT2D eigenvalue weighted by Gasteiger charge is -2.38. The molecule has 5 rings (SSSR count). The number of nitrogens with one attached hydrogen (secondary N) is 1. The van der Waals surface area contributed by atoms with Gasteiger partial charge in [0.2, 0.25) is 5.91 Å². The number of rotatable bonds is 11. The molecular weight excluding hydrogens is 524 g/mol. The maximum atomic E-state index is 12.0. The van der Waals surface area contributed by atoms with Crippen LogP contribution in [0.1, 0.15) is 56.6 Å². The zero-order chi connectivity index (χ0) is 29.3. The Morgan fingerprint density at radius 2 is 1.67 bits per heavy atom. The summed E-state index contributed by atoms with van der Waals surface area (Å²) in [5.74, 6) is 2.11. The molecule has 8 heteroatoms. The zero-order valence-corrected chi connectivity index (χ0v) is 25.2. The molecule has 0 radical (unpaired) electrons. The van der Waals surface area contributed by atoms with E-state index in [-0.39, 0.29) is 5.91 Å². The van der Waals surface area contributed by atoms with Gasteiger partial charge in [0.05, 0.1) is 7.11 Å². The number of carbonyl (C=O) groups is 1. The van der Waals surface area contributed by atoms with Crippen molar-refractivity contribution in [3.8, 4) is 5.75 Å². The van der Waals surface area contributed by atoms with Gasteiger partial charge in [-0.05, 0) is 74.4 Å². The first-order valence-electron chi connectivity index (χ1n) is 15.4. The number of benzene rings is 2. The van der Waals surface area contributed by atoms with E-state index >= 15 is 0 Å². The number of ether oxygens (including phenoxy) is 1. The lowest BCUT2D eigenvalue weighted by Crippen LogP contribution is -2.43. The van der Waals surface area contributed by atoms with Gasteiger partial charge >= 0.3 is 0 Å². The standard InChI is InChI=1S/C34H46N6O2/c1-26-32-29(18-23-39(26)24-28-14-16-30(42-2)17-15-28)12-6-7-20-40(25-27-10-4-3-5-11-27)33(32)37-34(35)36-19-9-22-38-21-8-13-31(38)41/h3-5,10-12,14-17,34,36H,6-9,13,18-25,35H2,1-2H3. The number of allylic oxidation sites excluding steroid dienone is 2. The van der Waals surface area contributed by atoms with Crippen LogP contribution in [0.2, 0.25) is 0 Å². The van der Waals surface area contributed by atoms with Gasteiger partial charge in [-0.3, -0.25) is 15.8 Å². The van der Waals surface area contributed by atoms with Crippen molar-refractivity contribution in [2.45, 2.75) is 64.8 Å². The van der Waals surface area contributed by atoms with E-state index in [4.69, 9.17) is 15.5 Å². The largest absolute Gasteiger partial charge is 0.497 e. The van der Waals surface area contributed by atoms with Crippen molar-refractivity contribution in [3.05, 3.63) is 88.6 Å². The van der Waals surface area contributed by atoms with Crippen molar-refractivity contribution < 1.29 is 9.53 Å². The Balaban J connectivity index is 1.41. The molecule has 3 heterocycles. The first-order valence-corrected chi connectivity index (χ1v) is 15.4. The fraction of sp³-hybridized carbons (Fsp3) is 0.471. The van der Waals surface area contributed by atoms with E-state index < -0.39 is 6.29 Å². The highest BCUT2D eigenvalue weighted by Gasteiger charge is 2.29. The molecule has 0 saturated carbocycles. The molecule has 1 fully saturated rings. The average molecular weight is 571 g/mol. The third kappa shape index (κ3) is 7.61. The summed E-state index contributed by atoms with van der Waals surface area (Å²) in [6.45, 7) is 8.09. The molecule has 0 bridgehead atoms. The van der Waals surface area contributed by atoms with Crippen LogP contribution in [0.5, 0.6) is 5.75 Å². The van der Waals surface area contributed by atoms with Gasteiger partial charge in [-0.15, -0.1) is 0 Å². The van der Waals surface area contributed by atoms with Crippen LogP contribution in [-0.4, -0.2) is 72.6 Å². The highest BCUT2D eigenvalue weighted by Crippen LogP contribution is 2.33. The van der Waals surface area contributed by atoms with Crippen LogP contribution >= 0.6 is 0 Å². The number of aliphatic imine (C=N–C) groups is 1. The van der Waals surface area contributed by atoms with Gasteiger partial charge < -0.3 is 19.4 Å². The monoisotopic (exact) mass is 570 g/mol. The lowest BCUT2D eigenvalue weighted by molar-refractivity contribution is -0.127. The number of fused-ring (bicyclic) bond motifs is 1. The number of carbonyl (C=O) groups excluding carboxylic acids is 1. The minimum atomic E-state index is -0.537. The second-order valence-corrected chi connectivity index (χ2v) is 11.4. The highest BCUT2D eigenvalue weighted by molar-refractivity contribution is 6.03. The quantitative estimate of drug-likeness (QED) is 0.302. The lowest BCUT2D eigenvalue weighted by atomic mass is 9.91. The topological polar surface area (TPSA) is 86.4 Å². The summed E-state index contributed by atoms with van der Waals surface area (Å²) in [7, 11) is 1.70. The minimum absolute atomic E-state index is 0.267. The Bertz CT molecular complexity index is 1290. The molecule has 1 atom stereocenters. The van der Waals surface area contributed by atoms with Gasteiger partial charge in [0, 0.05) is 57.0 Å². The molecule has 224 valence electrons. The summed E-state index contributed by atoms with van der Waals surface area (Å²) >= 11 is 0. The van der Waals surface area contributed by atoms with Crippen molar-refractivity contribution in [1.82, 2.24) is 20.0 Å². The molecule has 2 aromatic carbocycles. The Kier molecular flexibility index (Phi) is 10.3. The molecule has 2 aromatic rings. The van der Waals surface area contributed by atoms with Crippen LogP contribution in [0.15, 0.2) is 82.5 Å². The number of hydrogen-bond donors (Lipinski definition) is 2. The molecule has 0 aliphatic carbocycles. The molecule has 3 aliphatic heterocycles. The number of nitrogens with zero attached hydrogens (tertiary/aromatic N) is 4. The average Bonchev–Trinajstić information content (AvgIpc) is 3.41. The number of amidine groups is 1. The third-order valence-corrected chi connectivity index (χ3v) is 8.49. The van der Waals surface area contributed by atoms with E-state index in [1.165, 1.54) is 28.0 Å². The van der Waals surface area contributed by atoms with E-state index in [0.717, 1.165) is 83.0 Å². The van der Waals surface area contributed by atoms with E-state index in [1.807, 2.05) is 17.0 Å². The summed E-state index contributed by atoms with van der Waals surface area (Å²) in [6.07, 6.45) is 7.50. The van der Waals surface area contributed by atoms with Gasteiger partial charge in [-0.25, -0.2) is 4.99 Å². The van der Waals surface area contributed by atoms with Crippen LogP contribution in [0, 0.1) is 0 Å². The minimum Gasteiger partial charge on any atom is -0.497 e. The van der Waals surface area contributed by atoms with Crippen molar-refractivity contribution in [2.75, 3.05) is 39.8 Å². The molecule has 0 aromatic heterocycles. The van der Waals surface area contributed by atoms with Crippen molar-refractivity contribution in [2.24, 2.45) is 10.7 Å². The first kappa shape index (κ1) is 29.9. The fourth-order valence-electron chi connectivity index (χ4n) is 6.16. The maximum Gasteiger partial charge on any atom is 0.222 e. The molecule has 3 aliphatic rings. The summed E-state index contributed by atoms with van der Waals surface area (Å²) in [6, 6.07) is 19.0. The van der Waals surface area contributed by atoms with Crippen molar-refractivity contribution in [3.63, 3.8) is 0 Å². The summed E-state index contributed by atoms with van der Waals surface area (Å²) < 4.78 is 5.37. The Morgan fingerprint density at radius 3 is 2.40 bits per heavy atom. The summed E-state index contributed by atoms with van der Waals surface area (Å²) in [4.78, 5) is 24.0. The van der Waals surface area contributed by atoms with Gasteiger partial charge in [-0.2, -0.15) is 0 Å². The number of amides is 1. The normalized spacial score (nSPS) is 19.5. The van der Waals surface area contributed by atoms with Crippen LogP contribution < -0.4 is 15.8 Å². The first-order chi connectivity index (χ1) is 20.5. The number of nitrogens with two attached hydrogens (primary N) is 1. The maximum absolute atomic E-state index is 12.0. The van der Waals surface area contributed by atoms with E-state index in [9.17, 15) is 4.79 Å². The molecule has 1 amide bonds. The van der Waals surface area contributed by atoms with Crippen LogP contribution in [0.4, 0.5) is 0 Å². The van der Waals surface area contributed by atoms with E-state index in [0.29, 0.717) is 13.0 Å². The summed E-state index contributed by atoms with van der Waals surface area (Å²) in [5.41, 5.74) is 13.0. The molecule has 3 N–H and O–H groups in total. The third-order valence-electron chi connectivity index (χ3n) is 8.49. The number of hydrogen-bond acceptors (Lipinski definition) is 6. The van der Waals surface area contributed by atoms with Gasteiger partial charge in [-0.1, -0.05) is 48.5 Å². The predicted molar refractivity (Wildman–Crippen MR) is 169 cm³/mol. The fourth-order valence-corrected chi connectivity index (χ4v) is 6.16. The van der Waals surface area contributed by atoms with Crippen LogP contribution in [0.3, 0.4) is 0 Å². The Hall–Kier alpha value is -3.62. The molecule has 1 unspecified atom stereocenters. The molecule has 42 heavy (non-hydrogen) atoms. The molecular formula is C34H46N6O2. The predicted octanol–water partition coefficient (Wildman–Crippen LogP) is 4.64.